The fourth-order valence-corrected chi connectivity index (χ4v) is 5.74. The van der Waals surface area contributed by atoms with Crippen LogP contribution in [0.1, 0.15) is 19.3 Å². The number of hydrogen-bond acceptors (Lipinski definition) is 9. The lowest BCUT2D eigenvalue weighted by Crippen LogP contribution is -2.49. The zero-order chi connectivity index (χ0) is 23.6. The highest BCUT2D eigenvalue weighted by atomic mass is 19.3. The molecule has 2 atom stereocenters. The average Bonchev–Trinajstić information content (AvgIpc) is 3.58. The topological polar surface area (TPSA) is 110 Å². The molecule has 1 amide bonds. The molecule has 4 bridgehead atoms. The number of anilines is 3. The van der Waals surface area contributed by atoms with Crippen molar-refractivity contribution in [2.75, 3.05) is 42.3 Å². The van der Waals surface area contributed by atoms with E-state index in [9.17, 15) is 13.6 Å². The number of methoxy groups -OCH3 is 1. The predicted molar refractivity (Wildman–Crippen MR) is 119 cm³/mol. The van der Waals surface area contributed by atoms with Gasteiger partial charge in [-0.25, -0.2) is 19.7 Å². The summed E-state index contributed by atoms with van der Waals surface area (Å²) in [7, 11) is 1.39. The molecule has 2 N–H and O–H groups in total. The van der Waals surface area contributed by atoms with E-state index in [1.165, 1.54) is 13.3 Å². The quantitative estimate of drug-likeness (QED) is 0.700. The zero-order valence-electron chi connectivity index (χ0n) is 18.6. The highest BCUT2D eigenvalue weighted by Gasteiger charge is 2.47. The summed E-state index contributed by atoms with van der Waals surface area (Å²) in [5, 5.41) is 0. The highest BCUT2D eigenvalue weighted by molar-refractivity contribution is 5.72. The monoisotopic (exact) mass is 473 g/mol. The number of ether oxygens (including phenoxy) is 2. The summed E-state index contributed by atoms with van der Waals surface area (Å²) in [6, 6.07) is 4.47. The van der Waals surface area contributed by atoms with E-state index in [1.807, 2.05) is 12.1 Å². The Morgan fingerprint density at radius 1 is 1.06 bits per heavy atom. The lowest BCUT2D eigenvalue weighted by molar-refractivity contribution is -0.0524. The number of amides is 1. The van der Waals surface area contributed by atoms with E-state index in [1.54, 1.807) is 4.90 Å². The molecule has 6 heterocycles. The van der Waals surface area contributed by atoms with E-state index >= 15 is 0 Å². The van der Waals surface area contributed by atoms with Crippen LogP contribution in [0.25, 0.3) is 11.3 Å². The number of likely N-dealkylation sites (tertiary alicyclic amines) is 1. The standard InChI is InChI=1S/C22H25F2N7O3/c1-33-22(32)31-10-14-6-15(31)9-30(14)18-5-12(4-17(28-18)29-8-11-2-13(29)3-11)16-7-26-19(25)20(27-16)34-21(23)24/h4-5,7,11,13-15,21H,2-3,6,8-10H2,1H3,(H2,25,26)/t11?,13?,14-,15-/m0/s1. The molecular formula is C22H25F2N7O3. The van der Waals surface area contributed by atoms with E-state index in [-0.39, 0.29) is 24.0 Å². The van der Waals surface area contributed by atoms with Crippen LogP contribution in [-0.4, -0.2) is 77.4 Å². The molecule has 0 radical (unpaired) electrons. The Labute approximate surface area is 194 Å². The summed E-state index contributed by atoms with van der Waals surface area (Å²) >= 11 is 0. The molecule has 12 heteroatoms. The van der Waals surface area contributed by atoms with Crippen LogP contribution in [0.3, 0.4) is 0 Å². The fourth-order valence-electron chi connectivity index (χ4n) is 5.74. The first-order valence-corrected chi connectivity index (χ1v) is 11.4. The minimum Gasteiger partial charge on any atom is -0.453 e. The summed E-state index contributed by atoms with van der Waals surface area (Å²) < 4.78 is 35.0. The van der Waals surface area contributed by atoms with Crippen molar-refractivity contribution in [2.45, 2.75) is 44.0 Å². The number of piperazine rings is 1. The maximum atomic E-state index is 12.8. The first-order chi connectivity index (χ1) is 16.4. The number of aromatic nitrogens is 3. The normalized spacial score (nSPS) is 26.9. The number of carbonyl (C=O) groups excluding carboxylic acids is 1. The van der Waals surface area contributed by atoms with Gasteiger partial charge in [-0.05, 0) is 37.3 Å². The van der Waals surface area contributed by atoms with Gasteiger partial charge in [0.2, 0.25) is 0 Å². The van der Waals surface area contributed by atoms with Gasteiger partial charge >= 0.3 is 12.7 Å². The van der Waals surface area contributed by atoms with E-state index in [2.05, 4.69) is 24.5 Å². The molecule has 1 aliphatic carbocycles. The van der Waals surface area contributed by atoms with Crippen molar-refractivity contribution in [3.05, 3.63) is 18.3 Å². The summed E-state index contributed by atoms with van der Waals surface area (Å²) in [6.07, 6.45) is 4.32. The lowest BCUT2D eigenvalue weighted by Gasteiger charge is -2.35. The molecular weight excluding hydrogens is 448 g/mol. The van der Waals surface area contributed by atoms with Gasteiger partial charge in [-0.3, -0.25) is 0 Å². The number of carbonyl (C=O) groups is 1. The van der Waals surface area contributed by atoms with Crippen molar-refractivity contribution in [1.82, 2.24) is 19.9 Å². The molecule has 2 aromatic heterocycles. The number of rotatable bonds is 5. The Bertz CT molecular complexity index is 1130. The predicted octanol–water partition coefficient (Wildman–Crippen LogP) is 2.35. The maximum absolute atomic E-state index is 12.8. The van der Waals surface area contributed by atoms with Gasteiger partial charge in [-0.15, -0.1) is 0 Å². The largest absolute Gasteiger partial charge is 0.453 e. The molecule has 2 aromatic rings. The van der Waals surface area contributed by atoms with Gasteiger partial charge in [0.25, 0.3) is 5.88 Å². The number of fused-ring (bicyclic) bond motifs is 3. The molecule has 5 fully saturated rings. The summed E-state index contributed by atoms with van der Waals surface area (Å²) in [4.78, 5) is 31.6. The van der Waals surface area contributed by atoms with Crippen LogP contribution in [0, 0.1) is 5.92 Å². The van der Waals surface area contributed by atoms with Gasteiger partial charge in [0.05, 0.1) is 31.1 Å². The van der Waals surface area contributed by atoms with Crippen LogP contribution >= 0.6 is 0 Å². The molecule has 0 aromatic carbocycles. The number of hydrogen-bond donors (Lipinski definition) is 1. The molecule has 34 heavy (non-hydrogen) atoms. The Morgan fingerprint density at radius 3 is 2.38 bits per heavy atom. The summed E-state index contributed by atoms with van der Waals surface area (Å²) in [6.45, 7) is -0.879. The molecule has 5 aliphatic rings. The fraction of sp³-hybridized carbons (Fsp3) is 0.545. The third kappa shape index (κ3) is 3.43. The molecule has 7 rings (SSSR count). The second-order valence-electron chi connectivity index (χ2n) is 9.36. The Morgan fingerprint density at radius 2 is 1.79 bits per heavy atom. The van der Waals surface area contributed by atoms with Gasteiger partial charge < -0.3 is 29.9 Å². The second-order valence-corrected chi connectivity index (χ2v) is 9.36. The first-order valence-electron chi connectivity index (χ1n) is 11.4. The van der Waals surface area contributed by atoms with Crippen LogP contribution in [0.15, 0.2) is 18.3 Å². The van der Waals surface area contributed by atoms with Crippen molar-refractivity contribution in [3.8, 4) is 17.1 Å². The molecule has 1 saturated carbocycles. The van der Waals surface area contributed by atoms with Crippen LogP contribution in [-0.2, 0) is 4.74 Å². The highest BCUT2D eigenvalue weighted by Crippen LogP contribution is 2.44. The number of nitrogen functional groups attached to an aromatic ring is 1. The summed E-state index contributed by atoms with van der Waals surface area (Å²) in [5.74, 6) is 1.70. The Kier molecular flexibility index (Phi) is 4.85. The minimum absolute atomic E-state index is 0.0633. The van der Waals surface area contributed by atoms with Gasteiger partial charge in [0.15, 0.2) is 5.82 Å². The van der Waals surface area contributed by atoms with Crippen molar-refractivity contribution >= 4 is 23.5 Å². The van der Waals surface area contributed by atoms with Gasteiger partial charge in [-0.1, -0.05) is 0 Å². The van der Waals surface area contributed by atoms with Crippen LogP contribution < -0.4 is 20.3 Å². The lowest BCUT2D eigenvalue weighted by atomic mass is 9.86. The van der Waals surface area contributed by atoms with Gasteiger partial charge in [0, 0.05) is 31.2 Å². The van der Waals surface area contributed by atoms with Crippen molar-refractivity contribution < 1.29 is 23.0 Å². The third-order valence-electron chi connectivity index (χ3n) is 7.41. The average molecular weight is 473 g/mol. The van der Waals surface area contributed by atoms with Crippen molar-refractivity contribution in [2.24, 2.45) is 5.92 Å². The van der Waals surface area contributed by atoms with Crippen molar-refractivity contribution in [1.29, 1.82) is 0 Å². The smallest absolute Gasteiger partial charge is 0.409 e. The first kappa shape index (κ1) is 21.1. The molecule has 10 nitrogen and oxygen atoms in total. The zero-order valence-corrected chi connectivity index (χ0v) is 18.6. The number of halogens is 2. The van der Waals surface area contributed by atoms with Crippen LogP contribution in [0.2, 0.25) is 0 Å². The van der Waals surface area contributed by atoms with E-state index in [0.717, 1.165) is 37.4 Å². The molecule has 180 valence electrons. The Hall–Kier alpha value is -3.44. The number of nitrogens with two attached hydrogens (primary N) is 1. The second kappa shape index (κ2) is 7.81. The molecule has 4 saturated heterocycles. The Balaban J connectivity index is 1.36. The number of nitrogens with zero attached hydrogens (tertiary/aromatic N) is 6. The van der Waals surface area contributed by atoms with Crippen LogP contribution in [0.4, 0.5) is 31.0 Å². The number of alkyl halides is 2. The van der Waals surface area contributed by atoms with Gasteiger partial charge in [-0.2, -0.15) is 8.78 Å². The summed E-state index contributed by atoms with van der Waals surface area (Å²) in [5.41, 5.74) is 6.76. The van der Waals surface area contributed by atoms with Crippen LogP contribution in [0.5, 0.6) is 5.88 Å². The molecule has 4 aliphatic heterocycles. The van der Waals surface area contributed by atoms with Gasteiger partial charge in [0.1, 0.15) is 11.6 Å². The molecule has 0 spiro atoms. The minimum atomic E-state index is -3.05. The van der Waals surface area contributed by atoms with E-state index in [0.29, 0.717) is 36.3 Å². The maximum Gasteiger partial charge on any atom is 0.409 e. The molecule has 0 unspecified atom stereocenters. The van der Waals surface area contributed by atoms with Crippen molar-refractivity contribution in [3.63, 3.8) is 0 Å². The number of pyridine rings is 1. The van der Waals surface area contributed by atoms with E-state index in [4.69, 9.17) is 15.5 Å². The third-order valence-corrected chi connectivity index (χ3v) is 7.41. The SMILES string of the molecule is COC(=O)N1C[C@@H]2C[C@H]1CN2c1cc(-c2cnc(N)c(OC(F)F)n2)cc(N2CC3CC2C3)n1. The van der Waals surface area contributed by atoms with E-state index < -0.39 is 12.5 Å².